The molecule has 102 valence electrons. The van der Waals surface area contributed by atoms with Crippen molar-refractivity contribution in [1.82, 2.24) is 4.72 Å². The van der Waals surface area contributed by atoms with Crippen LogP contribution in [0.25, 0.3) is 0 Å². The maximum atomic E-state index is 11.5. The molecule has 0 aliphatic heterocycles. The molecule has 9 heteroatoms. The normalized spacial score (nSPS) is 14.5. The van der Waals surface area contributed by atoms with Gasteiger partial charge in [0.2, 0.25) is 10.0 Å². The summed E-state index contributed by atoms with van der Waals surface area (Å²) in [7, 11) is -6.96. The van der Waals surface area contributed by atoms with Crippen molar-refractivity contribution in [3.05, 3.63) is 0 Å². The minimum atomic E-state index is -3.65. The minimum Gasteiger partial charge on any atom is -0.388 e. The third-order valence-electron chi connectivity index (χ3n) is 2.03. The molecule has 1 atom stereocenters. The molecule has 0 radical (unpaired) electrons. The number of sulfone groups is 1. The highest BCUT2D eigenvalue weighted by Gasteiger charge is 2.19. The molecule has 7 nitrogen and oxygen atoms in total. The number of hydrogen-bond donors (Lipinski definition) is 3. The predicted octanol–water partition coefficient (Wildman–Crippen LogP) is -0.945. The van der Waals surface area contributed by atoms with Crippen LogP contribution < -0.4 is 10.5 Å². The van der Waals surface area contributed by atoms with E-state index in [1.165, 1.54) is 0 Å². The van der Waals surface area contributed by atoms with E-state index in [1.54, 1.807) is 6.92 Å². The Morgan fingerprint density at radius 2 is 1.82 bits per heavy atom. The largest absolute Gasteiger partial charge is 0.388 e. The zero-order chi connectivity index (χ0) is 13.7. The highest BCUT2D eigenvalue weighted by atomic mass is 32.2. The molecule has 0 aliphatic rings. The second-order valence-corrected chi connectivity index (χ2v) is 8.03. The lowest BCUT2D eigenvalue weighted by molar-refractivity contribution is 0.545. The Morgan fingerprint density at radius 3 is 2.18 bits per heavy atom. The van der Waals surface area contributed by atoms with Gasteiger partial charge in [0, 0.05) is 18.7 Å². The van der Waals surface area contributed by atoms with Crippen molar-refractivity contribution in [2.45, 2.75) is 25.8 Å². The van der Waals surface area contributed by atoms with Crippen LogP contribution in [0, 0.1) is 5.41 Å². The second kappa shape index (κ2) is 6.31. The van der Waals surface area contributed by atoms with E-state index in [-0.39, 0.29) is 12.3 Å². The molecule has 0 aliphatic carbocycles. The Labute approximate surface area is 102 Å². The molecule has 0 saturated carbocycles. The Balaban J connectivity index is 4.47. The van der Waals surface area contributed by atoms with Gasteiger partial charge in [0.05, 0.1) is 17.3 Å². The van der Waals surface area contributed by atoms with E-state index in [2.05, 4.69) is 4.72 Å². The number of rotatable bonds is 8. The van der Waals surface area contributed by atoms with E-state index in [4.69, 9.17) is 11.1 Å². The summed E-state index contributed by atoms with van der Waals surface area (Å²) < 4.78 is 47.1. The lowest BCUT2D eigenvalue weighted by Crippen LogP contribution is -2.39. The second-order valence-electron chi connectivity index (χ2n) is 3.90. The van der Waals surface area contributed by atoms with Gasteiger partial charge in [-0.1, -0.05) is 6.92 Å². The van der Waals surface area contributed by atoms with Gasteiger partial charge in [0.15, 0.2) is 0 Å². The molecule has 0 aromatic rings. The maximum Gasteiger partial charge on any atom is 0.212 e. The highest BCUT2D eigenvalue weighted by Crippen LogP contribution is 2.00. The topological polar surface area (TPSA) is 130 Å². The van der Waals surface area contributed by atoms with Crippen LogP contribution in [-0.4, -0.2) is 46.5 Å². The highest BCUT2D eigenvalue weighted by molar-refractivity contribution is 7.93. The van der Waals surface area contributed by atoms with Crippen molar-refractivity contribution < 1.29 is 16.8 Å². The molecule has 1 unspecified atom stereocenters. The number of nitrogens with one attached hydrogen (secondary N) is 2. The van der Waals surface area contributed by atoms with E-state index in [9.17, 15) is 16.8 Å². The van der Waals surface area contributed by atoms with Crippen LogP contribution in [0.3, 0.4) is 0 Å². The van der Waals surface area contributed by atoms with E-state index in [0.717, 1.165) is 6.26 Å². The van der Waals surface area contributed by atoms with Crippen molar-refractivity contribution in [3.8, 4) is 0 Å². The number of sulfonamides is 1. The zero-order valence-electron chi connectivity index (χ0n) is 9.93. The third-order valence-corrected chi connectivity index (χ3v) is 4.67. The van der Waals surface area contributed by atoms with Gasteiger partial charge in [-0.05, 0) is 6.42 Å². The average molecular weight is 285 g/mol. The standard InChI is InChI=1S/C8H19N3O4S2/c1-3-7(6-8(9)10)11-17(14,15)5-4-16(2,12)13/h7,11H,3-6H2,1-2H3,(H3,9,10). The van der Waals surface area contributed by atoms with Gasteiger partial charge in [0.1, 0.15) is 9.84 Å². The van der Waals surface area contributed by atoms with Crippen molar-refractivity contribution in [2.75, 3.05) is 17.8 Å². The van der Waals surface area contributed by atoms with Crippen LogP contribution in [0.15, 0.2) is 0 Å². The van der Waals surface area contributed by atoms with Gasteiger partial charge in [-0.3, -0.25) is 5.41 Å². The van der Waals surface area contributed by atoms with Crippen molar-refractivity contribution >= 4 is 25.7 Å². The molecule has 17 heavy (non-hydrogen) atoms. The molecular weight excluding hydrogens is 266 g/mol. The van der Waals surface area contributed by atoms with Crippen molar-refractivity contribution in [1.29, 1.82) is 5.41 Å². The van der Waals surface area contributed by atoms with Crippen LogP contribution in [0.1, 0.15) is 19.8 Å². The van der Waals surface area contributed by atoms with E-state index < -0.39 is 37.4 Å². The Morgan fingerprint density at radius 1 is 1.29 bits per heavy atom. The van der Waals surface area contributed by atoms with Gasteiger partial charge in [-0.25, -0.2) is 21.6 Å². The molecule has 0 spiro atoms. The third kappa shape index (κ3) is 9.07. The van der Waals surface area contributed by atoms with Gasteiger partial charge >= 0.3 is 0 Å². The molecule has 0 saturated heterocycles. The van der Waals surface area contributed by atoms with Gasteiger partial charge in [-0.2, -0.15) is 0 Å². The monoisotopic (exact) mass is 285 g/mol. The first-order valence-electron chi connectivity index (χ1n) is 5.06. The first kappa shape index (κ1) is 16.3. The first-order chi connectivity index (χ1) is 7.56. The smallest absolute Gasteiger partial charge is 0.212 e. The average Bonchev–Trinajstić information content (AvgIpc) is 2.12. The minimum absolute atomic E-state index is 0.109. The molecular formula is C8H19N3O4S2. The molecule has 0 aromatic carbocycles. The lowest BCUT2D eigenvalue weighted by Gasteiger charge is -2.15. The maximum absolute atomic E-state index is 11.5. The summed E-state index contributed by atoms with van der Waals surface area (Å²) in [4.78, 5) is 0. The van der Waals surface area contributed by atoms with Gasteiger partial charge < -0.3 is 5.73 Å². The summed E-state index contributed by atoms with van der Waals surface area (Å²) in [5.41, 5.74) is 5.18. The van der Waals surface area contributed by atoms with Crippen LogP contribution in [0.2, 0.25) is 0 Å². The van der Waals surface area contributed by atoms with Crippen LogP contribution in [-0.2, 0) is 19.9 Å². The SMILES string of the molecule is CCC(CC(=N)N)NS(=O)(=O)CCS(C)(=O)=O. The summed E-state index contributed by atoms with van der Waals surface area (Å²) in [5.74, 6) is -0.998. The fraction of sp³-hybridized carbons (Fsp3) is 0.875. The Hall–Kier alpha value is -0.670. The lowest BCUT2D eigenvalue weighted by atomic mass is 10.1. The molecule has 0 rings (SSSR count). The molecule has 0 aromatic heterocycles. The molecule has 4 N–H and O–H groups in total. The first-order valence-corrected chi connectivity index (χ1v) is 8.77. The number of hydrogen-bond acceptors (Lipinski definition) is 5. The molecule has 0 bridgehead atoms. The Bertz CT molecular complexity index is 455. The summed E-state index contributed by atoms with van der Waals surface area (Å²) in [5, 5.41) is 7.08. The predicted molar refractivity (Wildman–Crippen MR) is 67.2 cm³/mol. The summed E-state index contributed by atoms with van der Waals surface area (Å²) in [6.07, 6.45) is 1.59. The molecule has 0 amide bonds. The number of amidine groups is 1. The van der Waals surface area contributed by atoms with Gasteiger partial charge in [0.25, 0.3) is 0 Å². The fourth-order valence-electron chi connectivity index (χ4n) is 1.11. The number of nitrogens with two attached hydrogens (primary N) is 1. The van der Waals surface area contributed by atoms with Crippen LogP contribution in [0.4, 0.5) is 0 Å². The quantitative estimate of drug-likeness (QED) is 0.391. The zero-order valence-corrected chi connectivity index (χ0v) is 11.6. The Kier molecular flexibility index (Phi) is 6.06. The van der Waals surface area contributed by atoms with E-state index >= 15 is 0 Å². The van der Waals surface area contributed by atoms with E-state index in [0.29, 0.717) is 6.42 Å². The summed E-state index contributed by atoms with van der Waals surface area (Å²) in [6, 6.07) is -0.461. The van der Waals surface area contributed by atoms with E-state index in [1.807, 2.05) is 0 Å². The molecule has 0 heterocycles. The molecule has 0 fully saturated rings. The van der Waals surface area contributed by atoms with Gasteiger partial charge in [-0.15, -0.1) is 0 Å². The summed E-state index contributed by atoms with van der Waals surface area (Å²) >= 11 is 0. The van der Waals surface area contributed by atoms with Crippen molar-refractivity contribution in [2.24, 2.45) is 5.73 Å². The van der Waals surface area contributed by atoms with Crippen LogP contribution in [0.5, 0.6) is 0 Å². The fourth-order valence-corrected chi connectivity index (χ4v) is 4.07. The van der Waals surface area contributed by atoms with Crippen LogP contribution >= 0.6 is 0 Å². The summed E-state index contributed by atoms with van der Waals surface area (Å²) in [6.45, 7) is 1.76. The van der Waals surface area contributed by atoms with Crippen molar-refractivity contribution in [3.63, 3.8) is 0 Å².